The molecule has 1 N–H and O–H groups in total. The Kier molecular flexibility index (Phi) is 5.84. The minimum Gasteiger partial charge on any atom is -0.497 e. The molecule has 0 atom stereocenters. The number of hydrogen-bond acceptors (Lipinski definition) is 4. The van der Waals surface area contributed by atoms with Gasteiger partial charge in [0.15, 0.2) is 11.5 Å². The van der Waals surface area contributed by atoms with E-state index in [1.54, 1.807) is 13.2 Å². The number of carbonyl (C=O) groups is 1. The van der Waals surface area contributed by atoms with Gasteiger partial charge in [-0.25, -0.2) is 4.79 Å². The molecule has 3 heterocycles. The summed E-state index contributed by atoms with van der Waals surface area (Å²) in [5.74, 6) is 1.84. The van der Waals surface area contributed by atoms with Crippen molar-refractivity contribution in [3.8, 4) is 28.5 Å². The molecule has 0 unspecified atom stereocenters. The van der Waals surface area contributed by atoms with Crippen LogP contribution in [0.5, 0.6) is 17.2 Å². The molecule has 6 heteroatoms. The number of hydrogen-bond donors (Lipinski definition) is 1. The first-order valence-electron chi connectivity index (χ1n) is 13.8. The van der Waals surface area contributed by atoms with E-state index in [1.807, 2.05) is 30.3 Å². The van der Waals surface area contributed by atoms with Crippen molar-refractivity contribution in [3.05, 3.63) is 76.9 Å². The second kappa shape index (κ2) is 9.53. The van der Waals surface area contributed by atoms with Gasteiger partial charge in [-0.15, -0.1) is 0 Å². The molecule has 0 amide bonds. The van der Waals surface area contributed by atoms with Crippen LogP contribution in [0.15, 0.2) is 54.6 Å². The molecular formula is C33H31NO5. The Morgan fingerprint density at radius 3 is 2.64 bits per heavy atom. The third kappa shape index (κ3) is 3.97. The summed E-state index contributed by atoms with van der Waals surface area (Å²) in [6.45, 7) is 1.62. The Balaban J connectivity index is 1.53. The van der Waals surface area contributed by atoms with E-state index in [4.69, 9.17) is 14.2 Å². The lowest BCUT2D eigenvalue weighted by Crippen LogP contribution is -2.16. The number of nitrogens with zero attached hydrogens (tertiary/aromatic N) is 1. The number of methoxy groups -OCH3 is 1. The summed E-state index contributed by atoms with van der Waals surface area (Å²) in [7, 11) is 1.69. The fourth-order valence-electron chi connectivity index (χ4n) is 6.66. The van der Waals surface area contributed by atoms with Crippen molar-refractivity contribution in [2.45, 2.75) is 44.6 Å². The fraction of sp³-hybridized carbons (Fsp3) is 0.303. The molecule has 1 fully saturated rings. The number of para-hydroxylation sites is 1. The molecule has 0 bridgehead atoms. The number of carboxylic acid groups (broad SMARTS) is 1. The van der Waals surface area contributed by atoms with Crippen LogP contribution < -0.4 is 14.2 Å². The Bertz CT molecular complexity index is 1640. The maximum atomic E-state index is 12.0. The third-order valence-electron chi connectivity index (χ3n) is 8.45. The van der Waals surface area contributed by atoms with Crippen LogP contribution in [0.2, 0.25) is 0 Å². The first kappa shape index (κ1) is 23.9. The maximum Gasteiger partial charge on any atom is 0.335 e. The molecule has 7 rings (SSSR count). The number of aromatic carboxylic acids is 1. The van der Waals surface area contributed by atoms with Gasteiger partial charge in [-0.3, -0.25) is 0 Å². The van der Waals surface area contributed by atoms with Crippen LogP contribution in [0.25, 0.3) is 33.8 Å². The van der Waals surface area contributed by atoms with Gasteiger partial charge >= 0.3 is 5.97 Å². The normalized spacial score (nSPS) is 16.7. The highest BCUT2D eigenvalue weighted by Gasteiger charge is 2.30. The first-order chi connectivity index (χ1) is 19.1. The molecule has 1 aliphatic carbocycles. The van der Waals surface area contributed by atoms with Crippen LogP contribution in [0, 0.1) is 0 Å². The van der Waals surface area contributed by atoms with Gasteiger partial charge < -0.3 is 23.9 Å². The SMILES string of the molecule is COc1ccc2c(c1)C=C(c1cccc3c1OCCO3)Cn1c-2c(C2CCCCC2)c2ccc(C(=O)O)cc21. The van der Waals surface area contributed by atoms with E-state index in [2.05, 4.69) is 28.8 Å². The van der Waals surface area contributed by atoms with Crippen molar-refractivity contribution in [2.24, 2.45) is 0 Å². The van der Waals surface area contributed by atoms with Gasteiger partial charge in [0.2, 0.25) is 0 Å². The Morgan fingerprint density at radius 1 is 0.974 bits per heavy atom. The van der Waals surface area contributed by atoms with Gasteiger partial charge in [-0.1, -0.05) is 37.5 Å². The van der Waals surface area contributed by atoms with E-state index in [-0.39, 0.29) is 0 Å². The highest BCUT2D eigenvalue weighted by atomic mass is 16.6. The quantitative estimate of drug-likeness (QED) is 0.303. The number of fused-ring (bicyclic) bond motifs is 6. The van der Waals surface area contributed by atoms with Crippen molar-refractivity contribution in [1.82, 2.24) is 4.57 Å². The van der Waals surface area contributed by atoms with Gasteiger partial charge in [-0.2, -0.15) is 0 Å². The second-order valence-electron chi connectivity index (χ2n) is 10.7. The molecule has 2 aliphatic heterocycles. The lowest BCUT2D eigenvalue weighted by molar-refractivity contribution is 0.0697. The number of carboxylic acids is 1. The Morgan fingerprint density at radius 2 is 1.82 bits per heavy atom. The summed E-state index contributed by atoms with van der Waals surface area (Å²) in [4.78, 5) is 12.0. The average molecular weight is 522 g/mol. The summed E-state index contributed by atoms with van der Waals surface area (Å²) in [6.07, 6.45) is 8.24. The lowest BCUT2D eigenvalue weighted by Gasteiger charge is -2.24. The van der Waals surface area contributed by atoms with E-state index < -0.39 is 5.97 Å². The number of aromatic nitrogens is 1. The molecular weight excluding hydrogens is 490 g/mol. The Labute approximate surface area is 227 Å². The zero-order valence-corrected chi connectivity index (χ0v) is 22.0. The van der Waals surface area contributed by atoms with Crippen molar-refractivity contribution in [2.75, 3.05) is 20.3 Å². The minimum atomic E-state index is -0.913. The summed E-state index contributed by atoms with van der Waals surface area (Å²) < 4.78 is 20.0. The van der Waals surface area contributed by atoms with E-state index in [0.717, 1.165) is 63.3 Å². The monoisotopic (exact) mass is 521 g/mol. The number of allylic oxidation sites excluding steroid dienone is 1. The van der Waals surface area contributed by atoms with Gasteiger partial charge in [0.25, 0.3) is 0 Å². The molecule has 0 spiro atoms. The predicted octanol–water partition coefficient (Wildman–Crippen LogP) is 7.39. The summed E-state index contributed by atoms with van der Waals surface area (Å²) in [5, 5.41) is 11.0. The number of ether oxygens (including phenoxy) is 3. The fourth-order valence-corrected chi connectivity index (χ4v) is 6.66. The van der Waals surface area contributed by atoms with Crippen LogP contribution in [0.4, 0.5) is 0 Å². The highest BCUT2D eigenvalue weighted by molar-refractivity contribution is 6.01. The molecule has 0 saturated heterocycles. The van der Waals surface area contributed by atoms with Crippen LogP contribution in [-0.4, -0.2) is 36.0 Å². The topological polar surface area (TPSA) is 69.9 Å². The molecule has 198 valence electrons. The first-order valence-corrected chi connectivity index (χ1v) is 13.8. The van der Waals surface area contributed by atoms with Crippen molar-refractivity contribution < 1.29 is 24.1 Å². The number of benzene rings is 3. The highest BCUT2D eigenvalue weighted by Crippen LogP contribution is 2.49. The summed E-state index contributed by atoms with van der Waals surface area (Å²) >= 11 is 0. The van der Waals surface area contributed by atoms with Gasteiger partial charge in [0, 0.05) is 28.6 Å². The van der Waals surface area contributed by atoms with Gasteiger partial charge in [-0.05, 0) is 77.9 Å². The summed E-state index contributed by atoms with van der Waals surface area (Å²) in [6, 6.07) is 17.9. The second-order valence-corrected chi connectivity index (χ2v) is 10.7. The molecule has 0 radical (unpaired) electrons. The largest absolute Gasteiger partial charge is 0.497 e. The molecule has 6 nitrogen and oxygen atoms in total. The van der Waals surface area contributed by atoms with Crippen molar-refractivity contribution in [3.63, 3.8) is 0 Å². The van der Waals surface area contributed by atoms with Crippen LogP contribution in [0.3, 0.4) is 0 Å². The maximum absolute atomic E-state index is 12.0. The lowest BCUT2D eigenvalue weighted by atomic mass is 9.81. The molecule has 3 aliphatic rings. The van der Waals surface area contributed by atoms with E-state index in [1.165, 1.54) is 30.5 Å². The molecule has 1 aromatic heterocycles. The molecule has 1 saturated carbocycles. The van der Waals surface area contributed by atoms with Crippen molar-refractivity contribution >= 4 is 28.5 Å². The van der Waals surface area contributed by atoms with Gasteiger partial charge in [0.05, 0.1) is 18.4 Å². The standard InChI is InChI=1S/C33H31NO5/c1-37-24-11-13-25-22(17-24)16-23(26-8-5-9-29-32(26)39-15-14-38-29)19-34-28-18-21(33(35)36)10-12-27(28)30(31(25)34)20-6-3-2-4-7-20/h5,8-13,16-18,20H,2-4,6-7,14-15,19H2,1H3,(H,35,36). The molecule has 4 aromatic rings. The minimum absolute atomic E-state index is 0.302. The van der Waals surface area contributed by atoms with Crippen LogP contribution >= 0.6 is 0 Å². The smallest absolute Gasteiger partial charge is 0.335 e. The summed E-state index contributed by atoms with van der Waals surface area (Å²) in [5.41, 5.74) is 8.08. The molecule has 3 aromatic carbocycles. The van der Waals surface area contributed by atoms with Crippen LogP contribution in [-0.2, 0) is 6.54 Å². The third-order valence-corrected chi connectivity index (χ3v) is 8.45. The Hall–Kier alpha value is -4.19. The van der Waals surface area contributed by atoms with E-state index in [0.29, 0.717) is 31.2 Å². The number of rotatable bonds is 4. The zero-order chi connectivity index (χ0) is 26.5. The van der Waals surface area contributed by atoms with Crippen LogP contribution in [0.1, 0.15) is 65.1 Å². The van der Waals surface area contributed by atoms with Crippen molar-refractivity contribution in [1.29, 1.82) is 0 Å². The average Bonchev–Trinajstić information content (AvgIpc) is 3.19. The van der Waals surface area contributed by atoms with E-state index in [9.17, 15) is 9.90 Å². The van der Waals surface area contributed by atoms with Gasteiger partial charge in [0.1, 0.15) is 19.0 Å². The zero-order valence-electron chi connectivity index (χ0n) is 22.0. The molecule has 39 heavy (non-hydrogen) atoms. The predicted molar refractivity (Wildman–Crippen MR) is 152 cm³/mol. The van der Waals surface area contributed by atoms with E-state index >= 15 is 0 Å².